The fourth-order valence-corrected chi connectivity index (χ4v) is 5.19. The lowest BCUT2D eigenvalue weighted by atomic mass is 10.0. The summed E-state index contributed by atoms with van der Waals surface area (Å²) in [6.45, 7) is 2.86. The maximum Gasteiger partial charge on any atom is 0.414 e. The predicted molar refractivity (Wildman–Crippen MR) is 103 cm³/mol. The van der Waals surface area contributed by atoms with Gasteiger partial charge in [-0.25, -0.2) is 13.2 Å². The normalized spacial score (nSPS) is 20.4. The molecule has 2 aliphatic heterocycles. The van der Waals surface area contributed by atoms with E-state index >= 15 is 0 Å². The molecule has 6 nitrogen and oxygen atoms in total. The van der Waals surface area contributed by atoms with E-state index in [0.29, 0.717) is 19.6 Å². The number of cyclic esters (lactones) is 1. The lowest BCUT2D eigenvalue weighted by Gasteiger charge is -2.32. The van der Waals surface area contributed by atoms with Gasteiger partial charge in [0, 0.05) is 13.1 Å². The van der Waals surface area contributed by atoms with Crippen molar-refractivity contribution in [3.05, 3.63) is 65.2 Å². The SMILES string of the molecule is Cc1ccc2c(c1)N1C(=O)OC[C@@H]1CCN(S(=O)(=O)Cc1ccccc1)C2. The number of hydrogen-bond donors (Lipinski definition) is 0. The van der Waals surface area contributed by atoms with E-state index in [-0.39, 0.29) is 24.4 Å². The number of sulfonamides is 1. The molecule has 7 heteroatoms. The zero-order chi connectivity index (χ0) is 19.0. The molecule has 0 aromatic heterocycles. The quantitative estimate of drug-likeness (QED) is 0.813. The summed E-state index contributed by atoms with van der Waals surface area (Å²) in [6.07, 6.45) is 0.195. The van der Waals surface area contributed by atoms with Crippen molar-refractivity contribution in [1.29, 1.82) is 0 Å². The first kappa shape index (κ1) is 18.0. The molecule has 0 radical (unpaired) electrons. The van der Waals surface area contributed by atoms with E-state index in [1.807, 2.05) is 55.5 Å². The molecule has 0 spiro atoms. The number of carbonyl (C=O) groups is 1. The first-order chi connectivity index (χ1) is 12.9. The highest BCUT2D eigenvalue weighted by molar-refractivity contribution is 7.88. The van der Waals surface area contributed by atoms with Crippen molar-refractivity contribution in [2.45, 2.75) is 31.7 Å². The first-order valence-corrected chi connectivity index (χ1v) is 10.6. The Morgan fingerprint density at radius 2 is 1.93 bits per heavy atom. The number of rotatable bonds is 3. The van der Waals surface area contributed by atoms with Gasteiger partial charge in [0.25, 0.3) is 0 Å². The molecule has 0 saturated carbocycles. The van der Waals surface area contributed by atoms with E-state index in [2.05, 4.69) is 0 Å². The molecule has 1 atom stereocenters. The first-order valence-electron chi connectivity index (χ1n) is 9.01. The minimum atomic E-state index is -3.48. The number of nitrogens with zero attached hydrogens (tertiary/aromatic N) is 2. The lowest BCUT2D eigenvalue weighted by Crippen LogP contribution is -2.42. The molecule has 1 fully saturated rings. The van der Waals surface area contributed by atoms with E-state index in [0.717, 1.165) is 22.4 Å². The van der Waals surface area contributed by atoms with Crippen LogP contribution in [0.2, 0.25) is 0 Å². The molecule has 2 aromatic rings. The Morgan fingerprint density at radius 1 is 1.15 bits per heavy atom. The summed E-state index contributed by atoms with van der Waals surface area (Å²) in [6, 6.07) is 14.8. The molecule has 1 saturated heterocycles. The summed E-state index contributed by atoms with van der Waals surface area (Å²) in [4.78, 5) is 13.9. The van der Waals surface area contributed by atoms with Crippen molar-refractivity contribution in [2.24, 2.45) is 0 Å². The van der Waals surface area contributed by atoms with Gasteiger partial charge in [0.15, 0.2) is 0 Å². The van der Waals surface area contributed by atoms with E-state index in [1.54, 1.807) is 4.90 Å². The zero-order valence-corrected chi connectivity index (χ0v) is 16.0. The molecule has 4 rings (SSSR count). The van der Waals surface area contributed by atoms with Gasteiger partial charge in [0.1, 0.15) is 6.61 Å². The van der Waals surface area contributed by atoms with Crippen LogP contribution in [0.4, 0.5) is 10.5 Å². The summed E-state index contributed by atoms with van der Waals surface area (Å²) in [5, 5.41) is 0. The molecule has 0 bridgehead atoms. The van der Waals surface area contributed by atoms with Gasteiger partial charge in [-0.2, -0.15) is 4.31 Å². The second kappa shape index (κ2) is 6.98. The third-order valence-corrected chi connectivity index (χ3v) is 6.90. The Hall–Kier alpha value is -2.38. The van der Waals surface area contributed by atoms with Crippen molar-refractivity contribution in [3.8, 4) is 0 Å². The summed E-state index contributed by atoms with van der Waals surface area (Å²) in [7, 11) is -3.48. The Bertz CT molecular complexity index is 959. The van der Waals surface area contributed by atoms with E-state index < -0.39 is 10.0 Å². The topological polar surface area (TPSA) is 66.9 Å². The molecular weight excluding hydrogens is 364 g/mol. The Kier molecular flexibility index (Phi) is 4.65. The highest BCUT2D eigenvalue weighted by Gasteiger charge is 2.38. The number of aryl methyl sites for hydroxylation is 1. The Labute approximate surface area is 159 Å². The second-order valence-corrected chi connectivity index (χ2v) is 9.07. The molecule has 1 amide bonds. The van der Waals surface area contributed by atoms with Gasteiger partial charge in [-0.1, -0.05) is 42.5 Å². The standard InChI is InChI=1S/C20H22N2O4S/c1-15-7-8-17-12-21(27(24,25)14-16-5-3-2-4-6-16)10-9-18-13-26-20(23)22(18)19(17)11-15/h2-8,11,18H,9-10,12-14H2,1H3/t18-/m0/s1. The number of ether oxygens (including phenoxy) is 1. The van der Waals surface area contributed by atoms with E-state index in [9.17, 15) is 13.2 Å². The maximum atomic E-state index is 13.1. The summed E-state index contributed by atoms with van der Waals surface area (Å²) < 4.78 is 32.9. The molecule has 2 aromatic carbocycles. The number of carbonyl (C=O) groups excluding carboxylic acids is 1. The van der Waals surface area contributed by atoms with Crippen LogP contribution in [-0.4, -0.2) is 38.0 Å². The van der Waals surface area contributed by atoms with Crippen LogP contribution in [-0.2, 0) is 27.1 Å². The van der Waals surface area contributed by atoms with Crippen molar-refractivity contribution >= 4 is 21.8 Å². The number of hydrogen-bond acceptors (Lipinski definition) is 4. The van der Waals surface area contributed by atoms with Crippen LogP contribution in [0.3, 0.4) is 0 Å². The molecule has 0 N–H and O–H groups in total. The van der Waals surface area contributed by atoms with Crippen LogP contribution in [0, 0.1) is 6.92 Å². The molecule has 2 heterocycles. The Balaban J connectivity index is 1.69. The second-order valence-electron chi connectivity index (χ2n) is 7.10. The summed E-state index contributed by atoms with van der Waals surface area (Å²) in [5.74, 6) is -0.0289. The van der Waals surface area contributed by atoms with E-state index in [4.69, 9.17) is 4.74 Å². The molecule has 0 aliphatic carbocycles. The van der Waals surface area contributed by atoms with Crippen LogP contribution in [0.25, 0.3) is 0 Å². The smallest absolute Gasteiger partial charge is 0.414 e. The van der Waals surface area contributed by atoms with Crippen LogP contribution >= 0.6 is 0 Å². The third kappa shape index (κ3) is 3.57. The van der Waals surface area contributed by atoms with Crippen molar-refractivity contribution < 1.29 is 17.9 Å². The fraction of sp³-hybridized carbons (Fsp3) is 0.350. The van der Waals surface area contributed by atoms with Crippen LogP contribution in [0.5, 0.6) is 0 Å². The molecular formula is C20H22N2O4S. The van der Waals surface area contributed by atoms with E-state index in [1.165, 1.54) is 4.31 Å². The van der Waals surface area contributed by atoms with Crippen molar-refractivity contribution in [3.63, 3.8) is 0 Å². The highest BCUT2D eigenvalue weighted by atomic mass is 32.2. The minimum absolute atomic E-state index is 0.0289. The molecule has 2 aliphatic rings. The van der Waals surface area contributed by atoms with Crippen LogP contribution in [0.1, 0.15) is 23.1 Å². The summed E-state index contributed by atoms with van der Waals surface area (Å²) in [5.41, 5.74) is 3.36. The van der Waals surface area contributed by atoms with Gasteiger partial charge >= 0.3 is 6.09 Å². The average Bonchev–Trinajstić information content (AvgIpc) is 2.98. The summed E-state index contributed by atoms with van der Waals surface area (Å²) >= 11 is 0. The third-order valence-electron chi connectivity index (χ3n) is 5.11. The fourth-order valence-electron chi connectivity index (χ4n) is 3.68. The largest absolute Gasteiger partial charge is 0.447 e. The number of benzene rings is 2. The zero-order valence-electron chi connectivity index (χ0n) is 15.2. The van der Waals surface area contributed by atoms with Crippen LogP contribution in [0.15, 0.2) is 48.5 Å². The number of amides is 1. The molecule has 142 valence electrons. The van der Waals surface area contributed by atoms with Gasteiger partial charge in [-0.3, -0.25) is 4.90 Å². The number of anilines is 1. The van der Waals surface area contributed by atoms with Crippen molar-refractivity contribution in [1.82, 2.24) is 4.31 Å². The predicted octanol–water partition coefficient (Wildman–Crippen LogP) is 3.06. The Morgan fingerprint density at radius 3 is 2.70 bits per heavy atom. The average molecular weight is 386 g/mol. The van der Waals surface area contributed by atoms with Gasteiger partial charge in [0.05, 0.1) is 17.5 Å². The monoisotopic (exact) mass is 386 g/mol. The van der Waals surface area contributed by atoms with Crippen molar-refractivity contribution in [2.75, 3.05) is 18.1 Å². The van der Waals surface area contributed by atoms with Gasteiger partial charge < -0.3 is 4.74 Å². The molecule has 0 unspecified atom stereocenters. The number of fused-ring (bicyclic) bond motifs is 3. The van der Waals surface area contributed by atoms with Gasteiger partial charge in [-0.15, -0.1) is 0 Å². The maximum absolute atomic E-state index is 13.1. The van der Waals surface area contributed by atoms with Gasteiger partial charge in [0.2, 0.25) is 10.0 Å². The highest BCUT2D eigenvalue weighted by Crippen LogP contribution is 2.33. The van der Waals surface area contributed by atoms with Crippen LogP contribution < -0.4 is 4.90 Å². The lowest BCUT2D eigenvalue weighted by molar-refractivity contribution is 0.178. The molecule has 27 heavy (non-hydrogen) atoms. The van der Waals surface area contributed by atoms with Gasteiger partial charge in [-0.05, 0) is 36.1 Å². The minimum Gasteiger partial charge on any atom is -0.447 e.